The number of fused-ring (bicyclic) bond motifs is 1. The highest BCUT2D eigenvalue weighted by molar-refractivity contribution is 8.26. The lowest BCUT2D eigenvalue weighted by atomic mass is 10.0. The van der Waals surface area contributed by atoms with E-state index >= 15 is 0 Å². The molecule has 144 valence electrons. The number of hydrazine groups is 1. The van der Waals surface area contributed by atoms with Crippen molar-refractivity contribution in [2.45, 2.75) is 0 Å². The molecule has 3 aromatic carbocycles. The number of benzene rings is 3. The molecule has 0 bridgehead atoms. The van der Waals surface area contributed by atoms with Gasteiger partial charge >= 0.3 is 0 Å². The zero-order valence-electron chi connectivity index (χ0n) is 15.4. The lowest BCUT2D eigenvalue weighted by Crippen LogP contribution is -2.44. The van der Waals surface area contributed by atoms with Crippen LogP contribution in [0.5, 0.6) is 5.75 Å². The Morgan fingerprint density at radius 3 is 2.55 bits per heavy atom. The third-order valence-corrected chi connectivity index (χ3v) is 5.77. The third-order valence-electron chi connectivity index (χ3n) is 4.47. The first-order valence-corrected chi connectivity index (χ1v) is 10.0. The molecule has 1 aliphatic heterocycles. The molecule has 3 aromatic rings. The number of thiocarbonyl (C=S) groups is 1. The van der Waals surface area contributed by atoms with Crippen molar-refractivity contribution in [3.05, 3.63) is 82.8 Å². The molecule has 2 amide bonds. The van der Waals surface area contributed by atoms with Gasteiger partial charge in [0.05, 0.1) is 12.0 Å². The van der Waals surface area contributed by atoms with Crippen LogP contribution in [-0.4, -0.2) is 28.3 Å². The van der Waals surface area contributed by atoms with Gasteiger partial charge in [-0.3, -0.25) is 15.0 Å². The van der Waals surface area contributed by atoms with Gasteiger partial charge in [-0.05, 0) is 47.3 Å². The van der Waals surface area contributed by atoms with E-state index in [9.17, 15) is 9.59 Å². The van der Waals surface area contributed by atoms with Crippen LogP contribution in [0, 0.1) is 0 Å². The summed E-state index contributed by atoms with van der Waals surface area (Å²) in [5.41, 5.74) is 3.82. The van der Waals surface area contributed by atoms with E-state index < -0.39 is 5.91 Å². The minimum absolute atomic E-state index is 0.268. The number of nitrogens with one attached hydrogen (secondary N) is 1. The van der Waals surface area contributed by atoms with Crippen LogP contribution in [0.4, 0.5) is 0 Å². The average molecular weight is 421 g/mol. The lowest BCUT2D eigenvalue weighted by Gasteiger charge is -2.15. The average Bonchev–Trinajstić information content (AvgIpc) is 3.02. The number of hydrogen-bond acceptors (Lipinski definition) is 5. The van der Waals surface area contributed by atoms with E-state index in [1.54, 1.807) is 37.5 Å². The SMILES string of the molecule is COc1ccc2ccccc2c1/C=C1/SC(=S)N(NC(=O)c2ccccc2)C1=O. The Morgan fingerprint density at radius 1 is 1.07 bits per heavy atom. The molecule has 0 aromatic heterocycles. The molecule has 7 heteroatoms. The van der Waals surface area contributed by atoms with Crippen LogP contribution in [0.15, 0.2) is 71.6 Å². The fraction of sp³-hybridized carbons (Fsp3) is 0.0455. The topological polar surface area (TPSA) is 58.6 Å². The number of ether oxygens (including phenoxy) is 1. The Bertz CT molecular complexity index is 1160. The molecule has 0 spiro atoms. The number of thioether (sulfide) groups is 1. The first-order chi connectivity index (χ1) is 14.1. The normalized spacial score (nSPS) is 15.2. The zero-order valence-corrected chi connectivity index (χ0v) is 17.0. The Kier molecular flexibility index (Phi) is 5.33. The van der Waals surface area contributed by atoms with Crippen LogP contribution >= 0.6 is 24.0 Å². The summed E-state index contributed by atoms with van der Waals surface area (Å²) in [6, 6.07) is 20.4. The molecule has 5 nitrogen and oxygen atoms in total. The van der Waals surface area contributed by atoms with Crippen molar-refractivity contribution in [2.75, 3.05) is 7.11 Å². The highest BCUT2D eigenvalue weighted by atomic mass is 32.2. The third kappa shape index (κ3) is 3.74. The Morgan fingerprint density at radius 2 is 1.79 bits per heavy atom. The highest BCUT2D eigenvalue weighted by Gasteiger charge is 2.34. The molecular weight excluding hydrogens is 404 g/mol. The van der Waals surface area contributed by atoms with Crippen molar-refractivity contribution in [2.24, 2.45) is 0 Å². The summed E-state index contributed by atoms with van der Waals surface area (Å²) in [6.07, 6.45) is 1.76. The number of carbonyl (C=O) groups is 2. The quantitative estimate of drug-likeness (QED) is 0.501. The molecular formula is C22H16N2O3S2. The van der Waals surface area contributed by atoms with Gasteiger partial charge in [-0.1, -0.05) is 60.3 Å². The minimum Gasteiger partial charge on any atom is -0.496 e. The van der Waals surface area contributed by atoms with Gasteiger partial charge in [-0.2, -0.15) is 5.01 Å². The Balaban J connectivity index is 1.67. The Labute approximate surface area is 177 Å². The van der Waals surface area contributed by atoms with E-state index in [1.807, 2.05) is 42.5 Å². The second kappa shape index (κ2) is 8.06. The van der Waals surface area contributed by atoms with Gasteiger partial charge in [0.25, 0.3) is 11.8 Å². The lowest BCUT2D eigenvalue weighted by molar-refractivity contribution is -0.123. The van der Waals surface area contributed by atoms with Crippen molar-refractivity contribution in [3.63, 3.8) is 0 Å². The number of hydrogen-bond donors (Lipinski definition) is 1. The molecule has 1 N–H and O–H groups in total. The van der Waals surface area contributed by atoms with Crippen LogP contribution in [-0.2, 0) is 4.79 Å². The molecule has 0 radical (unpaired) electrons. The molecule has 1 saturated heterocycles. The van der Waals surface area contributed by atoms with Gasteiger partial charge in [0.1, 0.15) is 5.75 Å². The summed E-state index contributed by atoms with van der Waals surface area (Å²) in [5.74, 6) is -0.118. The van der Waals surface area contributed by atoms with Crippen molar-refractivity contribution in [1.29, 1.82) is 0 Å². The van der Waals surface area contributed by atoms with Gasteiger partial charge in [-0.25, -0.2) is 0 Å². The maximum atomic E-state index is 12.9. The monoisotopic (exact) mass is 420 g/mol. The number of carbonyl (C=O) groups excluding carboxylic acids is 2. The van der Waals surface area contributed by atoms with Gasteiger partial charge in [0, 0.05) is 11.1 Å². The molecule has 0 saturated carbocycles. The van der Waals surface area contributed by atoms with Crippen molar-refractivity contribution in [3.8, 4) is 5.75 Å². The molecule has 1 aliphatic rings. The Hall–Kier alpha value is -3.16. The van der Waals surface area contributed by atoms with Crippen LogP contribution in [0.2, 0.25) is 0 Å². The summed E-state index contributed by atoms with van der Waals surface area (Å²) < 4.78 is 5.76. The molecule has 29 heavy (non-hydrogen) atoms. The fourth-order valence-corrected chi connectivity index (χ4v) is 4.21. The first-order valence-electron chi connectivity index (χ1n) is 8.78. The zero-order chi connectivity index (χ0) is 20.4. The van der Waals surface area contributed by atoms with Crippen LogP contribution in [0.25, 0.3) is 16.8 Å². The van der Waals surface area contributed by atoms with Gasteiger partial charge in [-0.15, -0.1) is 0 Å². The van der Waals surface area contributed by atoms with Gasteiger partial charge in [0.15, 0.2) is 4.32 Å². The minimum atomic E-state index is -0.397. The summed E-state index contributed by atoms with van der Waals surface area (Å²) in [7, 11) is 1.59. The first kappa shape index (κ1) is 19.2. The predicted octanol–water partition coefficient (Wildman–Crippen LogP) is 4.39. The second-order valence-electron chi connectivity index (χ2n) is 6.23. The van der Waals surface area contributed by atoms with Crippen molar-refractivity contribution >= 4 is 57.0 Å². The van der Waals surface area contributed by atoms with E-state index in [-0.39, 0.29) is 10.2 Å². The molecule has 4 rings (SSSR count). The van der Waals surface area contributed by atoms with Crippen molar-refractivity contribution in [1.82, 2.24) is 10.4 Å². The van der Waals surface area contributed by atoms with E-state index in [0.29, 0.717) is 16.2 Å². The summed E-state index contributed by atoms with van der Waals surface area (Å²) >= 11 is 6.46. The maximum absolute atomic E-state index is 12.9. The van der Waals surface area contributed by atoms with Crippen LogP contribution < -0.4 is 10.2 Å². The second-order valence-corrected chi connectivity index (χ2v) is 7.90. The maximum Gasteiger partial charge on any atom is 0.285 e. The van der Waals surface area contributed by atoms with E-state index in [1.165, 1.54) is 0 Å². The standard InChI is InChI=1S/C22H16N2O3S2/c1-27-18-12-11-14-7-5-6-10-16(14)17(18)13-19-21(26)24(22(28)29-19)23-20(25)15-8-3-2-4-9-15/h2-13H,1H3,(H,23,25)/b19-13+. The van der Waals surface area contributed by atoms with Crippen LogP contribution in [0.1, 0.15) is 15.9 Å². The summed E-state index contributed by atoms with van der Waals surface area (Å²) in [4.78, 5) is 25.8. The molecule has 0 aliphatic carbocycles. The van der Waals surface area contributed by atoms with Gasteiger partial charge in [0.2, 0.25) is 0 Å². The molecule has 0 atom stereocenters. The summed E-state index contributed by atoms with van der Waals surface area (Å²) in [6.45, 7) is 0. The summed E-state index contributed by atoms with van der Waals surface area (Å²) in [5, 5.41) is 3.11. The molecule has 1 fully saturated rings. The smallest absolute Gasteiger partial charge is 0.285 e. The van der Waals surface area contributed by atoms with E-state index in [4.69, 9.17) is 17.0 Å². The fourth-order valence-electron chi connectivity index (χ4n) is 3.05. The number of rotatable bonds is 4. The van der Waals surface area contributed by atoms with E-state index in [0.717, 1.165) is 33.1 Å². The predicted molar refractivity (Wildman–Crippen MR) is 119 cm³/mol. The van der Waals surface area contributed by atoms with Gasteiger partial charge < -0.3 is 4.74 Å². The number of amides is 2. The largest absolute Gasteiger partial charge is 0.496 e. The number of nitrogens with zero attached hydrogens (tertiary/aromatic N) is 1. The van der Waals surface area contributed by atoms with Crippen LogP contribution in [0.3, 0.4) is 0 Å². The van der Waals surface area contributed by atoms with E-state index in [2.05, 4.69) is 5.43 Å². The van der Waals surface area contributed by atoms with Crippen molar-refractivity contribution < 1.29 is 14.3 Å². The highest BCUT2D eigenvalue weighted by Crippen LogP contribution is 2.36. The number of methoxy groups -OCH3 is 1. The molecule has 1 heterocycles. The molecule has 0 unspecified atom stereocenters.